The van der Waals surface area contributed by atoms with Crippen molar-refractivity contribution in [2.45, 2.75) is 89.5 Å². The zero-order chi connectivity index (χ0) is 32.5. The summed E-state index contributed by atoms with van der Waals surface area (Å²) in [6.07, 6.45) is 5.69. The van der Waals surface area contributed by atoms with Gasteiger partial charge in [0.05, 0.1) is 22.8 Å². The highest BCUT2D eigenvalue weighted by molar-refractivity contribution is 5.92. The molecule has 4 unspecified atom stereocenters. The quantitative estimate of drug-likeness (QED) is 0.217. The fourth-order valence-electron chi connectivity index (χ4n) is 7.28. The summed E-state index contributed by atoms with van der Waals surface area (Å²) in [5.41, 5.74) is 3.78. The van der Waals surface area contributed by atoms with Gasteiger partial charge in [0.15, 0.2) is 5.82 Å². The van der Waals surface area contributed by atoms with E-state index in [9.17, 15) is 18.4 Å². The van der Waals surface area contributed by atoms with Crippen LogP contribution in [-0.2, 0) is 22.6 Å². The van der Waals surface area contributed by atoms with Gasteiger partial charge < -0.3 is 30.0 Å². The molecule has 0 spiro atoms. The van der Waals surface area contributed by atoms with Crippen LogP contribution in [-0.4, -0.2) is 87.5 Å². The first-order valence-electron chi connectivity index (χ1n) is 16.6. The lowest BCUT2D eigenvalue weighted by Gasteiger charge is -2.30. The molecule has 246 valence electrons. The Morgan fingerprint density at radius 1 is 1.07 bits per heavy atom. The van der Waals surface area contributed by atoms with E-state index >= 15 is 0 Å². The van der Waals surface area contributed by atoms with E-state index in [-0.39, 0.29) is 29.5 Å². The van der Waals surface area contributed by atoms with Crippen molar-refractivity contribution in [3.8, 4) is 11.5 Å². The molecule has 3 N–H and O–H groups in total. The number of amides is 2. The minimum atomic E-state index is -0.604. The number of fused-ring (bicyclic) bond motifs is 2. The monoisotopic (exact) mass is 633 g/mol. The highest BCUT2D eigenvalue weighted by atomic mass is 19.1. The Bertz CT molecular complexity index is 1730. The second-order valence-electron chi connectivity index (χ2n) is 13.0. The van der Waals surface area contributed by atoms with Crippen LogP contribution in [0.3, 0.4) is 0 Å². The number of nitrogens with one attached hydrogen (secondary N) is 3. The molecule has 2 saturated heterocycles. The van der Waals surface area contributed by atoms with Crippen molar-refractivity contribution in [1.29, 1.82) is 0 Å². The van der Waals surface area contributed by atoms with Gasteiger partial charge in [0, 0.05) is 42.1 Å². The Kier molecular flexibility index (Phi) is 9.42. The third kappa shape index (κ3) is 6.27. The number of imidazole rings is 1. The van der Waals surface area contributed by atoms with Crippen molar-refractivity contribution < 1.29 is 18.4 Å². The first-order valence-corrected chi connectivity index (χ1v) is 16.6. The van der Waals surface area contributed by atoms with Crippen LogP contribution in [0.1, 0.15) is 57.9 Å². The smallest absolute Gasteiger partial charge is 0.245 e. The second-order valence-corrected chi connectivity index (χ2v) is 13.0. The van der Waals surface area contributed by atoms with Crippen molar-refractivity contribution in [3.63, 3.8) is 0 Å². The van der Waals surface area contributed by atoms with Gasteiger partial charge in [0.1, 0.15) is 17.7 Å². The van der Waals surface area contributed by atoms with Crippen molar-refractivity contribution in [2.75, 3.05) is 27.2 Å². The van der Waals surface area contributed by atoms with Gasteiger partial charge >= 0.3 is 0 Å². The first kappa shape index (κ1) is 32.1. The Labute approximate surface area is 268 Å². The van der Waals surface area contributed by atoms with E-state index in [2.05, 4.69) is 32.1 Å². The Balaban J connectivity index is 1.40. The number of carbonyl (C=O) groups excluding carboxylic acids is 2. The zero-order valence-electron chi connectivity index (χ0n) is 27.2. The topological polar surface area (TPSA) is 98.3 Å². The first-order chi connectivity index (χ1) is 22.2. The van der Waals surface area contributed by atoms with Gasteiger partial charge in [0.25, 0.3) is 0 Å². The lowest BCUT2D eigenvalue weighted by atomic mass is 9.99. The fraction of sp³-hybridized carbons (Fsp3) is 0.514. The SMILES string of the molecule is CCCC(NC(=O)C(C)NC)C(=O)N1CCCC1Cc1c(-c2nc3cc(F)ccc3n2CC2CCCN2C)[nH]c2cc(F)ccc12. The van der Waals surface area contributed by atoms with Crippen LogP contribution >= 0.6 is 0 Å². The van der Waals surface area contributed by atoms with Gasteiger partial charge in [-0.15, -0.1) is 0 Å². The summed E-state index contributed by atoms with van der Waals surface area (Å²) in [6.45, 7) is 6.11. The number of likely N-dealkylation sites (tertiary alicyclic amines) is 2. The molecule has 2 aromatic carbocycles. The average Bonchev–Trinajstić information content (AvgIpc) is 3.82. The van der Waals surface area contributed by atoms with Crippen molar-refractivity contribution in [1.82, 2.24) is 35.0 Å². The molecule has 4 heterocycles. The van der Waals surface area contributed by atoms with Gasteiger partial charge in [-0.1, -0.05) is 13.3 Å². The number of H-pyrrole nitrogens is 1. The molecule has 0 bridgehead atoms. The normalized spacial score (nSPS) is 20.2. The molecule has 2 aromatic heterocycles. The van der Waals surface area contributed by atoms with Crippen LogP contribution in [0.2, 0.25) is 0 Å². The predicted molar refractivity (Wildman–Crippen MR) is 176 cm³/mol. The molecule has 11 heteroatoms. The standard InChI is InChI=1S/C35H45F2N7O2/c1-5-8-28(41-34(45)21(2)38-3)35(46)43-16-7-9-24(43)19-27-26-13-11-22(36)17-29(26)39-32(27)33-40-30-18-23(37)12-14-31(30)44(33)20-25-10-6-15-42(25)4/h11-14,17-18,21,24-25,28,38-39H,5-10,15-16,19-20H2,1-4H3,(H,41,45). The highest BCUT2D eigenvalue weighted by Gasteiger charge is 2.35. The molecule has 2 fully saturated rings. The van der Waals surface area contributed by atoms with Crippen LogP contribution in [0.4, 0.5) is 8.78 Å². The lowest BCUT2D eigenvalue weighted by Crippen LogP contribution is -2.53. The van der Waals surface area contributed by atoms with E-state index < -0.39 is 12.1 Å². The van der Waals surface area contributed by atoms with Crippen molar-refractivity contribution in [3.05, 3.63) is 53.6 Å². The molecule has 9 nitrogen and oxygen atoms in total. The van der Waals surface area contributed by atoms with E-state index in [0.29, 0.717) is 48.8 Å². The number of likely N-dealkylation sites (N-methyl/N-ethyl adjacent to an activating group) is 2. The maximum Gasteiger partial charge on any atom is 0.245 e. The van der Waals surface area contributed by atoms with E-state index in [1.165, 1.54) is 24.3 Å². The van der Waals surface area contributed by atoms with Crippen LogP contribution in [0.5, 0.6) is 0 Å². The summed E-state index contributed by atoms with van der Waals surface area (Å²) in [5.74, 6) is -0.282. The molecule has 2 aliphatic heterocycles. The minimum absolute atomic E-state index is 0.0691. The van der Waals surface area contributed by atoms with Crippen molar-refractivity contribution >= 4 is 33.8 Å². The second kappa shape index (κ2) is 13.5. The molecule has 4 atom stereocenters. The van der Waals surface area contributed by atoms with Crippen LogP contribution in [0, 0.1) is 11.6 Å². The Morgan fingerprint density at radius 3 is 2.54 bits per heavy atom. The van der Waals surface area contributed by atoms with Crippen LogP contribution in [0.25, 0.3) is 33.5 Å². The largest absolute Gasteiger partial charge is 0.352 e. The zero-order valence-corrected chi connectivity index (χ0v) is 27.2. The molecule has 4 aromatic rings. The molecule has 2 aliphatic rings. The molecule has 0 radical (unpaired) electrons. The maximum absolute atomic E-state index is 14.5. The van der Waals surface area contributed by atoms with E-state index in [1.807, 2.05) is 11.8 Å². The Morgan fingerprint density at radius 2 is 1.80 bits per heavy atom. The van der Waals surface area contributed by atoms with Crippen molar-refractivity contribution in [2.24, 2.45) is 0 Å². The lowest BCUT2D eigenvalue weighted by molar-refractivity contribution is -0.137. The van der Waals surface area contributed by atoms with Crippen LogP contribution < -0.4 is 10.6 Å². The summed E-state index contributed by atoms with van der Waals surface area (Å²) in [4.78, 5) is 39.5. The number of halogens is 2. The van der Waals surface area contributed by atoms with Gasteiger partial charge in [-0.3, -0.25) is 9.59 Å². The van der Waals surface area contributed by atoms with Gasteiger partial charge in [-0.05, 0) is 102 Å². The third-order valence-electron chi connectivity index (χ3n) is 9.99. The summed E-state index contributed by atoms with van der Waals surface area (Å²) in [5, 5.41) is 6.79. The molecule has 6 rings (SSSR count). The molecule has 0 saturated carbocycles. The van der Waals surface area contributed by atoms with Gasteiger partial charge in [0.2, 0.25) is 11.8 Å². The highest BCUT2D eigenvalue weighted by Crippen LogP contribution is 2.36. The molecule has 2 amide bonds. The summed E-state index contributed by atoms with van der Waals surface area (Å²) < 4.78 is 31.1. The molecule has 46 heavy (non-hydrogen) atoms. The van der Waals surface area contributed by atoms with E-state index in [0.717, 1.165) is 60.8 Å². The molecular weight excluding hydrogens is 588 g/mol. The predicted octanol–water partition coefficient (Wildman–Crippen LogP) is 4.98. The third-order valence-corrected chi connectivity index (χ3v) is 9.99. The minimum Gasteiger partial charge on any atom is -0.352 e. The van der Waals surface area contributed by atoms with E-state index in [4.69, 9.17) is 4.98 Å². The number of hydrogen-bond acceptors (Lipinski definition) is 5. The number of rotatable bonds is 11. The van der Waals surface area contributed by atoms with Crippen LogP contribution in [0.15, 0.2) is 36.4 Å². The number of hydrogen-bond donors (Lipinski definition) is 3. The molecular formula is C35H45F2N7O2. The fourth-order valence-corrected chi connectivity index (χ4v) is 7.28. The maximum atomic E-state index is 14.5. The number of aromatic nitrogens is 3. The number of carbonyl (C=O) groups is 2. The molecule has 0 aliphatic carbocycles. The number of benzene rings is 2. The summed E-state index contributed by atoms with van der Waals surface area (Å²) in [7, 11) is 3.85. The summed E-state index contributed by atoms with van der Waals surface area (Å²) in [6, 6.07) is 8.65. The number of nitrogens with zero attached hydrogens (tertiary/aromatic N) is 4. The Hall–Kier alpha value is -3.83. The summed E-state index contributed by atoms with van der Waals surface area (Å²) >= 11 is 0. The van der Waals surface area contributed by atoms with Gasteiger partial charge in [-0.2, -0.15) is 0 Å². The average molecular weight is 634 g/mol. The van der Waals surface area contributed by atoms with Gasteiger partial charge in [-0.25, -0.2) is 13.8 Å². The van der Waals surface area contributed by atoms with E-state index in [1.54, 1.807) is 26.1 Å². The number of aromatic amines is 1.